The van der Waals surface area contributed by atoms with Gasteiger partial charge in [-0.25, -0.2) is 0 Å². The van der Waals surface area contributed by atoms with E-state index in [0.717, 1.165) is 36.4 Å². The number of aromatic nitrogens is 1. The van der Waals surface area contributed by atoms with Crippen LogP contribution in [0.25, 0.3) is 21.8 Å². The Kier molecular flexibility index (Phi) is 5.06. The zero-order valence-corrected chi connectivity index (χ0v) is 18.0. The van der Waals surface area contributed by atoms with Gasteiger partial charge in [0.15, 0.2) is 0 Å². The molecule has 0 spiro atoms. The van der Waals surface area contributed by atoms with E-state index in [2.05, 4.69) is 68.4 Å². The molecule has 5 heteroatoms. The lowest BCUT2D eigenvalue weighted by molar-refractivity contribution is 0.0917. The third-order valence-corrected chi connectivity index (χ3v) is 5.61. The highest BCUT2D eigenvalue weighted by Gasteiger charge is 2.16. The number of benzene rings is 3. The Balaban J connectivity index is 1.66. The fourth-order valence-corrected chi connectivity index (χ4v) is 4.14. The maximum atomic E-state index is 13.1. The van der Waals surface area contributed by atoms with Gasteiger partial charge in [-0.1, -0.05) is 44.0 Å². The van der Waals surface area contributed by atoms with Gasteiger partial charge in [0, 0.05) is 38.4 Å². The topological polar surface area (TPSA) is 34.0 Å². The van der Waals surface area contributed by atoms with E-state index >= 15 is 0 Å². The van der Waals surface area contributed by atoms with Crippen LogP contribution in [0.2, 0.25) is 0 Å². The van der Waals surface area contributed by atoms with Gasteiger partial charge in [0.2, 0.25) is 5.91 Å². The molecule has 4 aromatic rings. The van der Waals surface area contributed by atoms with Gasteiger partial charge in [0.1, 0.15) is 0 Å². The van der Waals surface area contributed by atoms with Crippen molar-refractivity contribution in [2.75, 3.05) is 11.9 Å². The Morgan fingerprint density at radius 3 is 2.15 bits per heavy atom. The zero-order chi connectivity index (χ0) is 19.0. The molecular weight excluding hydrogens is 468 g/mol. The summed E-state index contributed by atoms with van der Waals surface area (Å²) in [5.41, 5.74) is 4.11. The van der Waals surface area contributed by atoms with Gasteiger partial charge >= 0.3 is 0 Å². The van der Waals surface area contributed by atoms with Crippen LogP contribution in [0.4, 0.5) is 5.69 Å². The summed E-state index contributed by atoms with van der Waals surface area (Å²) < 4.78 is 3.84. The molecule has 3 aromatic carbocycles. The number of nitrogens with zero attached hydrogens (tertiary/aromatic N) is 1. The van der Waals surface area contributed by atoms with Gasteiger partial charge in [-0.2, -0.15) is 0 Å². The average Bonchev–Trinajstić information content (AvgIpc) is 2.95. The molecule has 0 aliphatic carbocycles. The second-order valence-electron chi connectivity index (χ2n) is 6.60. The van der Waals surface area contributed by atoms with Crippen molar-refractivity contribution < 1.29 is 4.79 Å². The molecule has 1 N–H and O–H groups in total. The summed E-state index contributed by atoms with van der Waals surface area (Å²) in [5, 5.41) is 5.48. The lowest BCUT2D eigenvalue weighted by Crippen LogP contribution is -2.15. The van der Waals surface area contributed by atoms with Gasteiger partial charge in [0.05, 0.1) is 11.0 Å². The summed E-state index contributed by atoms with van der Waals surface area (Å²) in [6.45, 7) is 2.65. The van der Waals surface area contributed by atoms with Gasteiger partial charge < -0.3 is 5.32 Å². The van der Waals surface area contributed by atoms with Gasteiger partial charge in [0.25, 0.3) is 0 Å². The molecule has 0 saturated heterocycles. The number of hydrogen-bond acceptors (Lipinski definition) is 2. The molecule has 1 heterocycles. The molecule has 0 amide bonds. The van der Waals surface area contributed by atoms with Crippen LogP contribution in [-0.4, -0.2) is 17.0 Å². The fraction of sp³-hybridized carbons (Fsp3) is 0.136. The van der Waals surface area contributed by atoms with E-state index in [1.165, 1.54) is 5.56 Å². The van der Waals surface area contributed by atoms with Crippen molar-refractivity contribution in [1.29, 1.82) is 0 Å². The number of halogens is 2. The van der Waals surface area contributed by atoms with Crippen molar-refractivity contribution >= 4 is 65.3 Å². The van der Waals surface area contributed by atoms with Crippen molar-refractivity contribution in [3.63, 3.8) is 0 Å². The number of aryl methyl sites for hydroxylation is 1. The van der Waals surface area contributed by atoms with Crippen LogP contribution in [0, 0.1) is 6.92 Å². The number of rotatable bonds is 4. The van der Waals surface area contributed by atoms with Crippen LogP contribution in [0.5, 0.6) is 0 Å². The number of carbonyl (C=O) groups excluding carboxylic acids is 1. The minimum atomic E-state index is 0.0831. The molecule has 0 radical (unpaired) electrons. The first-order valence-electron chi connectivity index (χ1n) is 8.76. The second kappa shape index (κ2) is 7.49. The van der Waals surface area contributed by atoms with E-state index in [0.29, 0.717) is 13.0 Å². The Morgan fingerprint density at radius 1 is 0.926 bits per heavy atom. The van der Waals surface area contributed by atoms with Crippen LogP contribution in [0.1, 0.15) is 16.8 Å². The van der Waals surface area contributed by atoms with Gasteiger partial charge in [-0.05, 0) is 61.0 Å². The molecule has 0 saturated carbocycles. The lowest BCUT2D eigenvalue weighted by atomic mass is 10.2. The predicted octanol–water partition coefficient (Wildman–Crippen LogP) is 6.77. The summed E-state index contributed by atoms with van der Waals surface area (Å²) in [4.78, 5) is 13.1. The van der Waals surface area contributed by atoms with Crippen molar-refractivity contribution in [3.05, 3.63) is 75.2 Å². The SMILES string of the molecule is Cc1cccc(NCCC(=O)n2c3ccc(Br)cc3c3cc(Br)ccc32)c1. The van der Waals surface area contributed by atoms with Crippen LogP contribution < -0.4 is 5.32 Å². The summed E-state index contributed by atoms with van der Waals surface area (Å²) in [6, 6.07) is 20.3. The maximum Gasteiger partial charge on any atom is 0.233 e. The first-order chi connectivity index (χ1) is 13.0. The summed E-state index contributed by atoms with van der Waals surface area (Å²) in [7, 11) is 0. The number of hydrogen-bond donors (Lipinski definition) is 1. The smallest absolute Gasteiger partial charge is 0.233 e. The lowest BCUT2D eigenvalue weighted by Gasteiger charge is -2.09. The second-order valence-corrected chi connectivity index (χ2v) is 8.43. The summed E-state index contributed by atoms with van der Waals surface area (Å²) in [5.74, 6) is 0.0831. The molecule has 0 aliphatic heterocycles. The molecular formula is C22H18Br2N2O. The fourth-order valence-electron chi connectivity index (χ4n) is 3.42. The standard InChI is InChI=1S/C22H18Br2N2O/c1-14-3-2-4-17(11-14)25-10-9-22(27)26-20-7-5-15(23)12-18(20)19-13-16(24)6-8-21(19)26/h2-8,11-13,25H,9-10H2,1H3. The van der Waals surface area contributed by atoms with E-state index in [1.54, 1.807) is 0 Å². The Hall–Kier alpha value is -2.11. The van der Waals surface area contributed by atoms with E-state index in [1.807, 2.05) is 41.0 Å². The third kappa shape index (κ3) is 3.66. The van der Waals surface area contributed by atoms with Crippen molar-refractivity contribution in [2.45, 2.75) is 13.3 Å². The Morgan fingerprint density at radius 2 is 1.56 bits per heavy atom. The third-order valence-electron chi connectivity index (χ3n) is 4.62. The number of anilines is 1. The maximum absolute atomic E-state index is 13.1. The molecule has 136 valence electrons. The normalized spacial score (nSPS) is 11.2. The molecule has 3 nitrogen and oxygen atoms in total. The largest absolute Gasteiger partial charge is 0.385 e. The van der Waals surface area contributed by atoms with Crippen LogP contribution in [0.3, 0.4) is 0 Å². The van der Waals surface area contributed by atoms with Crippen molar-refractivity contribution in [3.8, 4) is 0 Å². The highest BCUT2D eigenvalue weighted by Crippen LogP contribution is 2.33. The highest BCUT2D eigenvalue weighted by molar-refractivity contribution is 9.10. The molecule has 0 aliphatic rings. The number of fused-ring (bicyclic) bond motifs is 3. The number of nitrogens with one attached hydrogen (secondary N) is 1. The van der Waals surface area contributed by atoms with E-state index < -0.39 is 0 Å². The minimum Gasteiger partial charge on any atom is -0.385 e. The van der Waals surface area contributed by atoms with Crippen LogP contribution in [-0.2, 0) is 0 Å². The van der Waals surface area contributed by atoms with Crippen molar-refractivity contribution in [2.24, 2.45) is 0 Å². The molecule has 27 heavy (non-hydrogen) atoms. The van der Waals surface area contributed by atoms with E-state index in [9.17, 15) is 4.79 Å². The first kappa shape index (κ1) is 18.3. The van der Waals surface area contributed by atoms with Crippen molar-refractivity contribution in [1.82, 2.24) is 4.57 Å². The van der Waals surface area contributed by atoms with Crippen LogP contribution >= 0.6 is 31.9 Å². The zero-order valence-electron chi connectivity index (χ0n) is 14.8. The predicted molar refractivity (Wildman–Crippen MR) is 120 cm³/mol. The number of carbonyl (C=O) groups is 1. The molecule has 1 aromatic heterocycles. The van der Waals surface area contributed by atoms with Gasteiger partial charge in [-0.3, -0.25) is 9.36 Å². The summed E-state index contributed by atoms with van der Waals surface area (Å²) >= 11 is 7.08. The molecule has 0 unspecified atom stereocenters. The molecule has 0 bridgehead atoms. The monoisotopic (exact) mass is 484 g/mol. The molecule has 0 fully saturated rings. The highest BCUT2D eigenvalue weighted by atomic mass is 79.9. The Labute approximate surface area is 174 Å². The molecule has 0 atom stereocenters. The van der Waals surface area contributed by atoms with E-state index in [-0.39, 0.29) is 5.91 Å². The average molecular weight is 486 g/mol. The van der Waals surface area contributed by atoms with Gasteiger partial charge in [-0.15, -0.1) is 0 Å². The first-order valence-corrected chi connectivity index (χ1v) is 10.3. The Bertz CT molecular complexity index is 1100. The quantitative estimate of drug-likeness (QED) is 0.346. The van der Waals surface area contributed by atoms with Crippen LogP contribution in [0.15, 0.2) is 69.6 Å². The summed E-state index contributed by atoms with van der Waals surface area (Å²) in [6.07, 6.45) is 0.416. The van der Waals surface area contributed by atoms with E-state index in [4.69, 9.17) is 0 Å². The molecule has 4 rings (SSSR count). The minimum absolute atomic E-state index is 0.0831.